The number of nitrogens with one attached hydrogen (secondary N) is 1. The Kier molecular flexibility index (Phi) is 4.06. The van der Waals surface area contributed by atoms with Gasteiger partial charge < -0.3 is 14.5 Å². The Bertz CT molecular complexity index is 258. The molecule has 1 aliphatic heterocycles. The minimum absolute atomic E-state index is 0. The fourth-order valence-corrected chi connectivity index (χ4v) is 1.42. The van der Waals surface area contributed by atoms with E-state index in [0.29, 0.717) is 11.8 Å². The van der Waals surface area contributed by atoms with Crippen LogP contribution in [0.5, 0.6) is 0 Å². The van der Waals surface area contributed by atoms with E-state index in [1.807, 2.05) is 6.07 Å². The number of ether oxygens (including phenoxy) is 1. The van der Waals surface area contributed by atoms with Crippen molar-refractivity contribution in [2.24, 2.45) is 0 Å². The molecule has 1 aromatic rings. The second kappa shape index (κ2) is 4.86. The van der Waals surface area contributed by atoms with Gasteiger partial charge in [-0.1, -0.05) is 0 Å². The predicted octanol–water partition coefficient (Wildman–Crippen LogP) is 2.02. The minimum Gasteiger partial charge on any atom is -0.448 e. The van der Waals surface area contributed by atoms with Crippen LogP contribution in [-0.4, -0.2) is 19.8 Å². The average molecular weight is 224 g/mol. The zero-order chi connectivity index (χ0) is 8.39. The second-order valence-corrected chi connectivity index (χ2v) is 3.10. The molecular formula is C8H11Cl2NO2. The third-order valence-electron chi connectivity index (χ3n) is 1.86. The highest BCUT2D eigenvalue weighted by Gasteiger charge is 2.17. The largest absolute Gasteiger partial charge is 0.448 e. The summed E-state index contributed by atoms with van der Waals surface area (Å²) in [4.78, 5) is 0. The smallest absolute Gasteiger partial charge is 0.193 e. The number of furan rings is 1. The zero-order valence-electron chi connectivity index (χ0n) is 6.96. The molecule has 1 N–H and O–H groups in total. The van der Waals surface area contributed by atoms with E-state index in [4.69, 9.17) is 20.8 Å². The van der Waals surface area contributed by atoms with Crippen LogP contribution >= 0.6 is 24.0 Å². The predicted molar refractivity (Wildman–Crippen MR) is 52.5 cm³/mol. The van der Waals surface area contributed by atoms with Crippen LogP contribution in [0.2, 0.25) is 5.22 Å². The van der Waals surface area contributed by atoms with Crippen molar-refractivity contribution in [1.29, 1.82) is 0 Å². The lowest BCUT2D eigenvalue weighted by molar-refractivity contribution is 0.0700. The topological polar surface area (TPSA) is 34.4 Å². The van der Waals surface area contributed by atoms with Crippen LogP contribution in [0.4, 0.5) is 0 Å². The van der Waals surface area contributed by atoms with Gasteiger partial charge in [0.25, 0.3) is 0 Å². The summed E-state index contributed by atoms with van der Waals surface area (Å²) >= 11 is 5.64. The van der Waals surface area contributed by atoms with Crippen molar-refractivity contribution >= 4 is 24.0 Å². The standard InChI is InChI=1S/C8H10ClNO2.ClH/c9-8-2-1-7(12-8)6-5-11-4-3-10-6;/h1-2,6,10H,3-5H2;1H/t6-;/m0./s1. The maximum atomic E-state index is 5.64. The number of hydrogen-bond acceptors (Lipinski definition) is 3. The number of hydrogen-bond donors (Lipinski definition) is 1. The maximum Gasteiger partial charge on any atom is 0.193 e. The van der Waals surface area contributed by atoms with Crippen LogP contribution in [-0.2, 0) is 4.74 Å². The summed E-state index contributed by atoms with van der Waals surface area (Å²) in [5, 5.41) is 3.70. The van der Waals surface area contributed by atoms with E-state index in [1.165, 1.54) is 0 Å². The van der Waals surface area contributed by atoms with Crippen molar-refractivity contribution in [2.75, 3.05) is 19.8 Å². The number of rotatable bonds is 1. The molecule has 5 heteroatoms. The summed E-state index contributed by atoms with van der Waals surface area (Å²) in [6.07, 6.45) is 0. The average Bonchev–Trinajstić information content (AvgIpc) is 2.54. The molecule has 3 nitrogen and oxygen atoms in total. The fourth-order valence-electron chi connectivity index (χ4n) is 1.26. The van der Waals surface area contributed by atoms with Crippen molar-refractivity contribution in [1.82, 2.24) is 5.32 Å². The normalized spacial score (nSPS) is 22.4. The highest BCUT2D eigenvalue weighted by Crippen LogP contribution is 2.21. The third-order valence-corrected chi connectivity index (χ3v) is 2.06. The molecule has 0 saturated carbocycles. The van der Waals surface area contributed by atoms with Crippen molar-refractivity contribution in [2.45, 2.75) is 6.04 Å². The summed E-state index contributed by atoms with van der Waals surface area (Å²) in [5.74, 6) is 0.847. The van der Waals surface area contributed by atoms with E-state index in [1.54, 1.807) is 6.07 Å². The number of halogens is 2. The first kappa shape index (κ1) is 10.9. The summed E-state index contributed by atoms with van der Waals surface area (Å²) in [5.41, 5.74) is 0. The molecule has 0 aromatic carbocycles. The van der Waals surface area contributed by atoms with E-state index in [-0.39, 0.29) is 18.4 Å². The van der Waals surface area contributed by atoms with Gasteiger partial charge in [-0.3, -0.25) is 0 Å². The van der Waals surface area contributed by atoms with Gasteiger partial charge in [0.15, 0.2) is 5.22 Å². The first-order chi connectivity index (χ1) is 5.86. The van der Waals surface area contributed by atoms with Crippen molar-refractivity contribution < 1.29 is 9.15 Å². The Hall–Kier alpha value is -0.220. The maximum absolute atomic E-state index is 5.64. The van der Waals surface area contributed by atoms with Crippen LogP contribution in [0.1, 0.15) is 11.8 Å². The molecule has 0 spiro atoms. The molecule has 2 rings (SSSR count). The summed E-state index contributed by atoms with van der Waals surface area (Å²) in [7, 11) is 0. The fraction of sp³-hybridized carbons (Fsp3) is 0.500. The molecule has 0 amide bonds. The molecule has 0 aliphatic carbocycles. The quantitative estimate of drug-likeness (QED) is 0.792. The highest BCUT2D eigenvalue weighted by molar-refractivity contribution is 6.28. The van der Waals surface area contributed by atoms with Crippen LogP contribution in [0, 0.1) is 0 Å². The molecule has 0 bridgehead atoms. The van der Waals surface area contributed by atoms with Crippen molar-refractivity contribution in [3.8, 4) is 0 Å². The highest BCUT2D eigenvalue weighted by atomic mass is 35.5. The van der Waals surface area contributed by atoms with Crippen LogP contribution in [0.25, 0.3) is 0 Å². The van der Waals surface area contributed by atoms with E-state index in [9.17, 15) is 0 Å². The van der Waals surface area contributed by atoms with Gasteiger partial charge in [0, 0.05) is 6.54 Å². The Morgan fingerprint density at radius 1 is 1.46 bits per heavy atom. The Balaban J connectivity index is 0.000000845. The molecule has 1 fully saturated rings. The van der Waals surface area contributed by atoms with Gasteiger partial charge in [0.2, 0.25) is 0 Å². The van der Waals surface area contributed by atoms with Crippen LogP contribution < -0.4 is 5.32 Å². The van der Waals surface area contributed by atoms with E-state index < -0.39 is 0 Å². The van der Waals surface area contributed by atoms with Gasteiger partial charge in [-0.15, -0.1) is 12.4 Å². The monoisotopic (exact) mass is 223 g/mol. The van der Waals surface area contributed by atoms with Crippen molar-refractivity contribution in [3.05, 3.63) is 23.1 Å². The van der Waals surface area contributed by atoms with Crippen molar-refractivity contribution in [3.63, 3.8) is 0 Å². The molecular weight excluding hydrogens is 213 g/mol. The molecule has 74 valence electrons. The lowest BCUT2D eigenvalue weighted by Crippen LogP contribution is -2.34. The summed E-state index contributed by atoms with van der Waals surface area (Å²) in [6.45, 7) is 2.29. The number of morpholine rings is 1. The van der Waals surface area contributed by atoms with Gasteiger partial charge in [0.05, 0.1) is 19.3 Å². The first-order valence-corrected chi connectivity index (χ1v) is 4.30. The minimum atomic E-state index is 0. The SMILES string of the molecule is Cl.Clc1ccc([C@@H]2COCCN2)o1. The molecule has 1 atom stereocenters. The van der Waals surface area contributed by atoms with E-state index in [0.717, 1.165) is 18.9 Å². The zero-order valence-corrected chi connectivity index (χ0v) is 8.53. The molecule has 1 aromatic heterocycles. The Labute approximate surface area is 87.8 Å². The molecule has 13 heavy (non-hydrogen) atoms. The van der Waals surface area contributed by atoms with E-state index in [2.05, 4.69) is 5.32 Å². The van der Waals surface area contributed by atoms with Crippen LogP contribution in [0.3, 0.4) is 0 Å². The van der Waals surface area contributed by atoms with Crippen LogP contribution in [0.15, 0.2) is 16.5 Å². The third kappa shape index (κ3) is 2.61. The molecule has 1 saturated heterocycles. The van der Waals surface area contributed by atoms with Gasteiger partial charge >= 0.3 is 0 Å². The first-order valence-electron chi connectivity index (χ1n) is 3.92. The summed E-state index contributed by atoms with van der Waals surface area (Å²) in [6, 6.07) is 3.77. The second-order valence-electron chi connectivity index (χ2n) is 2.72. The molecule has 0 radical (unpaired) electrons. The molecule has 0 unspecified atom stereocenters. The summed E-state index contributed by atoms with van der Waals surface area (Å²) < 4.78 is 10.5. The van der Waals surface area contributed by atoms with Gasteiger partial charge in [-0.25, -0.2) is 0 Å². The van der Waals surface area contributed by atoms with Gasteiger partial charge in [-0.05, 0) is 23.7 Å². The van der Waals surface area contributed by atoms with Gasteiger partial charge in [0.1, 0.15) is 5.76 Å². The van der Waals surface area contributed by atoms with Gasteiger partial charge in [-0.2, -0.15) is 0 Å². The lowest BCUT2D eigenvalue weighted by atomic mass is 10.2. The van der Waals surface area contributed by atoms with E-state index >= 15 is 0 Å². The molecule has 1 aliphatic rings. The Morgan fingerprint density at radius 3 is 2.85 bits per heavy atom. The molecule has 2 heterocycles. The lowest BCUT2D eigenvalue weighted by Gasteiger charge is -2.21. The Morgan fingerprint density at radius 2 is 2.31 bits per heavy atom.